The summed E-state index contributed by atoms with van der Waals surface area (Å²) in [4.78, 5) is 18.4. The number of carbonyl (C=O) groups is 1. The molecule has 1 saturated heterocycles. The van der Waals surface area contributed by atoms with E-state index in [1.54, 1.807) is 4.90 Å². The van der Waals surface area contributed by atoms with E-state index in [0.717, 1.165) is 31.9 Å². The third kappa shape index (κ3) is 3.31. The Labute approximate surface area is 109 Å². The van der Waals surface area contributed by atoms with Crippen molar-refractivity contribution in [3.8, 4) is 0 Å². The SMILES string of the molecule is CN1CCN(CC(=O)N(C)c2ccccc2)CC1. The number of carbonyl (C=O) groups excluding carboxylic acids is 1. The van der Waals surface area contributed by atoms with E-state index in [9.17, 15) is 4.79 Å². The first-order valence-corrected chi connectivity index (χ1v) is 6.39. The van der Waals surface area contributed by atoms with Crippen molar-refractivity contribution in [1.82, 2.24) is 9.80 Å². The molecule has 0 spiro atoms. The Hall–Kier alpha value is -1.39. The molecule has 1 aliphatic heterocycles. The summed E-state index contributed by atoms with van der Waals surface area (Å²) in [5, 5.41) is 0. The van der Waals surface area contributed by atoms with Crippen molar-refractivity contribution < 1.29 is 4.79 Å². The first kappa shape index (κ1) is 13.1. The highest BCUT2D eigenvalue weighted by Gasteiger charge is 2.19. The molecule has 98 valence electrons. The Morgan fingerprint density at radius 2 is 1.78 bits per heavy atom. The minimum Gasteiger partial charge on any atom is -0.314 e. The monoisotopic (exact) mass is 247 g/mol. The van der Waals surface area contributed by atoms with Gasteiger partial charge in [0, 0.05) is 38.9 Å². The van der Waals surface area contributed by atoms with E-state index in [1.165, 1.54) is 0 Å². The molecule has 0 bridgehead atoms. The van der Waals surface area contributed by atoms with Crippen LogP contribution >= 0.6 is 0 Å². The van der Waals surface area contributed by atoms with Gasteiger partial charge >= 0.3 is 0 Å². The Morgan fingerprint density at radius 3 is 2.39 bits per heavy atom. The van der Waals surface area contributed by atoms with Crippen molar-refractivity contribution in [2.24, 2.45) is 0 Å². The average molecular weight is 247 g/mol. The maximum Gasteiger partial charge on any atom is 0.240 e. The van der Waals surface area contributed by atoms with E-state index in [0.29, 0.717) is 6.54 Å². The Balaban J connectivity index is 1.88. The average Bonchev–Trinajstić information content (AvgIpc) is 2.41. The zero-order valence-corrected chi connectivity index (χ0v) is 11.2. The summed E-state index contributed by atoms with van der Waals surface area (Å²) in [5.74, 6) is 0.158. The van der Waals surface area contributed by atoms with Crippen molar-refractivity contribution in [1.29, 1.82) is 0 Å². The molecule has 1 aromatic rings. The van der Waals surface area contributed by atoms with Crippen molar-refractivity contribution in [2.45, 2.75) is 0 Å². The fourth-order valence-electron chi connectivity index (χ4n) is 2.10. The summed E-state index contributed by atoms with van der Waals surface area (Å²) in [6, 6.07) is 9.79. The van der Waals surface area contributed by atoms with E-state index in [4.69, 9.17) is 0 Å². The fourth-order valence-corrected chi connectivity index (χ4v) is 2.10. The molecule has 1 aromatic carbocycles. The van der Waals surface area contributed by atoms with E-state index in [-0.39, 0.29) is 5.91 Å². The molecule has 0 aromatic heterocycles. The lowest BCUT2D eigenvalue weighted by Gasteiger charge is -2.32. The molecule has 0 saturated carbocycles. The van der Waals surface area contributed by atoms with Gasteiger partial charge in [0.15, 0.2) is 0 Å². The second-order valence-corrected chi connectivity index (χ2v) is 4.87. The predicted molar refractivity (Wildman–Crippen MR) is 73.8 cm³/mol. The van der Waals surface area contributed by atoms with E-state index in [2.05, 4.69) is 16.8 Å². The lowest BCUT2D eigenvalue weighted by molar-refractivity contribution is -0.119. The lowest BCUT2D eigenvalue weighted by atomic mass is 10.3. The first-order chi connectivity index (χ1) is 8.66. The van der Waals surface area contributed by atoms with Crippen LogP contribution in [0, 0.1) is 0 Å². The van der Waals surface area contributed by atoms with E-state index < -0.39 is 0 Å². The summed E-state index contributed by atoms with van der Waals surface area (Å²) in [6.07, 6.45) is 0. The topological polar surface area (TPSA) is 26.8 Å². The summed E-state index contributed by atoms with van der Waals surface area (Å²) in [7, 11) is 3.96. The Bertz CT molecular complexity index is 385. The quantitative estimate of drug-likeness (QED) is 0.794. The third-order valence-electron chi connectivity index (χ3n) is 3.47. The molecule has 0 atom stereocenters. The van der Waals surface area contributed by atoms with Gasteiger partial charge in [0.2, 0.25) is 5.91 Å². The molecule has 0 N–H and O–H groups in total. The van der Waals surface area contributed by atoms with Gasteiger partial charge in [-0.15, -0.1) is 0 Å². The largest absolute Gasteiger partial charge is 0.314 e. The molecule has 1 fully saturated rings. The highest BCUT2D eigenvalue weighted by Crippen LogP contribution is 2.11. The maximum atomic E-state index is 12.2. The fraction of sp³-hybridized carbons (Fsp3) is 0.500. The second-order valence-electron chi connectivity index (χ2n) is 4.87. The van der Waals surface area contributed by atoms with Crippen LogP contribution in [0.5, 0.6) is 0 Å². The Kier molecular flexibility index (Phi) is 4.33. The number of rotatable bonds is 3. The van der Waals surface area contributed by atoms with Gasteiger partial charge in [0.1, 0.15) is 0 Å². The minimum absolute atomic E-state index is 0.158. The van der Waals surface area contributed by atoms with Gasteiger partial charge in [-0.3, -0.25) is 9.69 Å². The standard InChI is InChI=1S/C14H21N3O/c1-15-8-10-17(11-9-15)12-14(18)16(2)13-6-4-3-5-7-13/h3-7H,8-12H2,1-2H3. The number of benzene rings is 1. The van der Waals surface area contributed by atoms with Crippen molar-refractivity contribution in [2.75, 3.05) is 51.7 Å². The van der Waals surface area contributed by atoms with Gasteiger partial charge in [-0.1, -0.05) is 18.2 Å². The summed E-state index contributed by atoms with van der Waals surface area (Å²) in [5.41, 5.74) is 0.955. The number of likely N-dealkylation sites (N-methyl/N-ethyl adjacent to an activating group) is 2. The summed E-state index contributed by atoms with van der Waals surface area (Å²) >= 11 is 0. The lowest BCUT2D eigenvalue weighted by Crippen LogP contribution is -2.48. The summed E-state index contributed by atoms with van der Waals surface area (Å²) < 4.78 is 0. The summed E-state index contributed by atoms with van der Waals surface area (Å²) in [6.45, 7) is 4.56. The van der Waals surface area contributed by atoms with Gasteiger partial charge in [-0.05, 0) is 19.2 Å². The van der Waals surface area contributed by atoms with Crippen molar-refractivity contribution in [3.63, 3.8) is 0 Å². The molecule has 18 heavy (non-hydrogen) atoms. The number of piperazine rings is 1. The number of amides is 1. The van der Waals surface area contributed by atoms with Gasteiger partial charge in [-0.25, -0.2) is 0 Å². The van der Waals surface area contributed by atoms with Crippen LogP contribution in [0.4, 0.5) is 5.69 Å². The molecule has 0 aliphatic carbocycles. The minimum atomic E-state index is 0.158. The predicted octanol–water partition coefficient (Wildman–Crippen LogP) is 0.897. The van der Waals surface area contributed by atoms with Crippen LogP contribution in [-0.4, -0.2) is 62.5 Å². The molecule has 4 nitrogen and oxygen atoms in total. The molecule has 2 rings (SSSR count). The zero-order chi connectivity index (χ0) is 13.0. The third-order valence-corrected chi connectivity index (χ3v) is 3.47. The number of anilines is 1. The van der Waals surface area contributed by atoms with Crippen LogP contribution in [0.15, 0.2) is 30.3 Å². The number of para-hydroxylation sites is 1. The Morgan fingerprint density at radius 1 is 1.17 bits per heavy atom. The molecule has 1 heterocycles. The van der Waals surface area contributed by atoms with Gasteiger partial charge in [-0.2, -0.15) is 0 Å². The van der Waals surface area contributed by atoms with Crippen LogP contribution in [0.25, 0.3) is 0 Å². The first-order valence-electron chi connectivity index (χ1n) is 6.39. The molecule has 0 unspecified atom stereocenters. The van der Waals surface area contributed by atoms with Gasteiger partial charge in [0.25, 0.3) is 0 Å². The highest BCUT2D eigenvalue weighted by atomic mass is 16.2. The van der Waals surface area contributed by atoms with Crippen LogP contribution in [0.1, 0.15) is 0 Å². The molecule has 4 heteroatoms. The van der Waals surface area contributed by atoms with Gasteiger partial charge < -0.3 is 9.80 Å². The van der Waals surface area contributed by atoms with Crippen molar-refractivity contribution >= 4 is 11.6 Å². The van der Waals surface area contributed by atoms with Gasteiger partial charge in [0.05, 0.1) is 6.54 Å². The maximum absolute atomic E-state index is 12.2. The van der Waals surface area contributed by atoms with Crippen LogP contribution in [0.3, 0.4) is 0 Å². The number of nitrogens with zero attached hydrogens (tertiary/aromatic N) is 3. The highest BCUT2D eigenvalue weighted by molar-refractivity contribution is 5.94. The number of hydrogen-bond acceptors (Lipinski definition) is 3. The molecular formula is C14H21N3O. The zero-order valence-electron chi connectivity index (χ0n) is 11.2. The van der Waals surface area contributed by atoms with Crippen LogP contribution in [0.2, 0.25) is 0 Å². The van der Waals surface area contributed by atoms with Crippen molar-refractivity contribution in [3.05, 3.63) is 30.3 Å². The van der Waals surface area contributed by atoms with Crippen LogP contribution < -0.4 is 4.90 Å². The van der Waals surface area contributed by atoms with E-state index in [1.807, 2.05) is 37.4 Å². The second kappa shape index (κ2) is 5.98. The number of hydrogen-bond donors (Lipinski definition) is 0. The van der Waals surface area contributed by atoms with E-state index >= 15 is 0 Å². The normalized spacial score (nSPS) is 17.7. The van der Waals surface area contributed by atoms with Crippen LogP contribution in [-0.2, 0) is 4.79 Å². The molecule has 1 amide bonds. The smallest absolute Gasteiger partial charge is 0.240 e. The molecule has 1 aliphatic rings. The molecular weight excluding hydrogens is 226 g/mol. The molecule has 0 radical (unpaired) electrons.